The number of rotatable bonds is 2. The number of anilines is 2. The van der Waals surface area contributed by atoms with Gasteiger partial charge in [-0.05, 0) is 6.92 Å². The molecule has 66 valence electrons. The SMILES string of the molecule is Cc1cnc(Nc2cncnc2)[nH]1. The minimum absolute atomic E-state index is 0.701. The Morgan fingerprint density at radius 3 is 2.62 bits per heavy atom. The molecule has 0 radical (unpaired) electrons. The summed E-state index contributed by atoms with van der Waals surface area (Å²) in [6.45, 7) is 1.94. The first-order chi connectivity index (χ1) is 6.34. The molecule has 5 heteroatoms. The second-order valence-electron chi connectivity index (χ2n) is 2.67. The smallest absolute Gasteiger partial charge is 0.204 e. The molecule has 0 aliphatic rings. The number of aromatic amines is 1. The van der Waals surface area contributed by atoms with Crippen molar-refractivity contribution in [2.24, 2.45) is 0 Å². The molecule has 0 amide bonds. The third-order valence-electron chi connectivity index (χ3n) is 1.53. The zero-order valence-electron chi connectivity index (χ0n) is 7.15. The molecule has 0 aliphatic carbocycles. The Hall–Kier alpha value is -1.91. The van der Waals surface area contributed by atoms with E-state index in [0.29, 0.717) is 5.95 Å². The van der Waals surface area contributed by atoms with E-state index >= 15 is 0 Å². The van der Waals surface area contributed by atoms with Gasteiger partial charge in [-0.15, -0.1) is 0 Å². The van der Waals surface area contributed by atoms with Crippen molar-refractivity contribution in [2.45, 2.75) is 6.92 Å². The zero-order valence-corrected chi connectivity index (χ0v) is 7.15. The van der Waals surface area contributed by atoms with Crippen LogP contribution in [0.25, 0.3) is 0 Å². The number of H-pyrrole nitrogens is 1. The van der Waals surface area contributed by atoms with Crippen LogP contribution in [0.4, 0.5) is 11.6 Å². The molecule has 13 heavy (non-hydrogen) atoms. The van der Waals surface area contributed by atoms with E-state index in [0.717, 1.165) is 11.4 Å². The molecule has 2 rings (SSSR count). The molecule has 2 heterocycles. The minimum atomic E-state index is 0.701. The van der Waals surface area contributed by atoms with Gasteiger partial charge >= 0.3 is 0 Å². The first-order valence-corrected chi connectivity index (χ1v) is 3.88. The second-order valence-corrected chi connectivity index (χ2v) is 2.67. The van der Waals surface area contributed by atoms with Gasteiger partial charge in [0.25, 0.3) is 0 Å². The molecule has 0 fully saturated rings. The first kappa shape index (κ1) is 7.72. The molecule has 0 unspecified atom stereocenters. The number of aromatic nitrogens is 4. The lowest BCUT2D eigenvalue weighted by Crippen LogP contribution is -1.93. The van der Waals surface area contributed by atoms with Crippen molar-refractivity contribution < 1.29 is 0 Å². The van der Waals surface area contributed by atoms with E-state index in [2.05, 4.69) is 25.3 Å². The van der Waals surface area contributed by atoms with Gasteiger partial charge < -0.3 is 10.3 Å². The highest BCUT2D eigenvalue weighted by molar-refractivity contribution is 5.49. The summed E-state index contributed by atoms with van der Waals surface area (Å²) in [5.41, 5.74) is 1.83. The molecule has 2 N–H and O–H groups in total. The quantitative estimate of drug-likeness (QED) is 0.720. The average Bonchev–Trinajstić information content (AvgIpc) is 2.53. The highest BCUT2D eigenvalue weighted by atomic mass is 15.1. The zero-order chi connectivity index (χ0) is 9.10. The maximum atomic E-state index is 4.09. The van der Waals surface area contributed by atoms with Crippen LogP contribution in [-0.4, -0.2) is 19.9 Å². The van der Waals surface area contributed by atoms with E-state index in [1.807, 2.05) is 6.92 Å². The van der Waals surface area contributed by atoms with Crippen molar-refractivity contribution in [3.8, 4) is 0 Å². The third kappa shape index (κ3) is 1.81. The van der Waals surface area contributed by atoms with Gasteiger partial charge in [0.1, 0.15) is 6.33 Å². The van der Waals surface area contributed by atoms with Crippen LogP contribution in [0.3, 0.4) is 0 Å². The minimum Gasteiger partial charge on any atom is -0.328 e. The first-order valence-electron chi connectivity index (χ1n) is 3.88. The Labute approximate surface area is 75.3 Å². The summed E-state index contributed by atoms with van der Waals surface area (Å²) in [5, 5.41) is 3.03. The standard InChI is InChI=1S/C8H9N5/c1-6-2-11-8(12-6)13-7-3-9-5-10-4-7/h2-5H,1H3,(H2,11,12,13). The summed E-state index contributed by atoms with van der Waals surface area (Å²) in [5.74, 6) is 0.701. The van der Waals surface area contributed by atoms with Gasteiger partial charge in [0.05, 0.1) is 18.1 Å². The van der Waals surface area contributed by atoms with Crippen LogP contribution >= 0.6 is 0 Å². The summed E-state index contributed by atoms with van der Waals surface area (Å²) >= 11 is 0. The molecule has 0 spiro atoms. The molecule has 5 nitrogen and oxygen atoms in total. The van der Waals surface area contributed by atoms with Crippen LogP contribution in [0.2, 0.25) is 0 Å². The van der Waals surface area contributed by atoms with E-state index < -0.39 is 0 Å². The van der Waals surface area contributed by atoms with Crippen molar-refractivity contribution in [1.82, 2.24) is 19.9 Å². The Kier molecular flexibility index (Phi) is 1.91. The molecule has 2 aromatic heterocycles. The Balaban J connectivity index is 2.15. The molecular weight excluding hydrogens is 166 g/mol. The molecule has 2 aromatic rings. The van der Waals surface area contributed by atoms with Gasteiger partial charge in [0, 0.05) is 11.9 Å². The van der Waals surface area contributed by atoms with Crippen molar-refractivity contribution in [2.75, 3.05) is 5.32 Å². The summed E-state index contributed by atoms with van der Waals surface area (Å²) in [6.07, 6.45) is 6.61. The number of imidazole rings is 1. The van der Waals surface area contributed by atoms with Crippen molar-refractivity contribution in [1.29, 1.82) is 0 Å². The average molecular weight is 175 g/mol. The highest BCUT2D eigenvalue weighted by Crippen LogP contribution is 2.09. The molecular formula is C8H9N5. The van der Waals surface area contributed by atoms with Gasteiger partial charge in [-0.1, -0.05) is 0 Å². The van der Waals surface area contributed by atoms with Gasteiger partial charge in [-0.25, -0.2) is 15.0 Å². The fraction of sp³-hybridized carbons (Fsp3) is 0.125. The highest BCUT2D eigenvalue weighted by Gasteiger charge is 1.96. The van der Waals surface area contributed by atoms with Crippen molar-refractivity contribution in [3.05, 3.63) is 30.6 Å². The third-order valence-corrected chi connectivity index (χ3v) is 1.53. The number of nitrogens with zero attached hydrogens (tertiary/aromatic N) is 3. The van der Waals surface area contributed by atoms with Gasteiger partial charge in [-0.3, -0.25) is 0 Å². The fourth-order valence-corrected chi connectivity index (χ4v) is 0.977. The summed E-state index contributed by atoms with van der Waals surface area (Å²) in [4.78, 5) is 14.9. The lowest BCUT2D eigenvalue weighted by molar-refractivity contribution is 1.15. The van der Waals surface area contributed by atoms with Gasteiger partial charge in [-0.2, -0.15) is 0 Å². The Morgan fingerprint density at radius 1 is 1.23 bits per heavy atom. The number of hydrogen-bond donors (Lipinski definition) is 2. The van der Waals surface area contributed by atoms with Gasteiger partial charge in [0.2, 0.25) is 5.95 Å². The van der Waals surface area contributed by atoms with Crippen LogP contribution in [0.1, 0.15) is 5.69 Å². The molecule has 0 aromatic carbocycles. The van der Waals surface area contributed by atoms with E-state index in [-0.39, 0.29) is 0 Å². The molecule has 0 saturated heterocycles. The van der Waals surface area contributed by atoms with Crippen LogP contribution in [0.15, 0.2) is 24.9 Å². The van der Waals surface area contributed by atoms with Crippen molar-refractivity contribution >= 4 is 11.6 Å². The largest absolute Gasteiger partial charge is 0.328 e. The normalized spacial score (nSPS) is 9.92. The van der Waals surface area contributed by atoms with Crippen LogP contribution < -0.4 is 5.32 Å². The van der Waals surface area contributed by atoms with Crippen LogP contribution in [0, 0.1) is 6.92 Å². The van der Waals surface area contributed by atoms with E-state index in [1.54, 1.807) is 18.6 Å². The van der Waals surface area contributed by atoms with Gasteiger partial charge in [0.15, 0.2) is 0 Å². The number of hydrogen-bond acceptors (Lipinski definition) is 4. The lowest BCUT2D eigenvalue weighted by Gasteiger charge is -1.99. The second kappa shape index (κ2) is 3.22. The van der Waals surface area contributed by atoms with Crippen LogP contribution in [-0.2, 0) is 0 Å². The summed E-state index contributed by atoms with van der Waals surface area (Å²) in [6, 6.07) is 0. The van der Waals surface area contributed by atoms with E-state index in [9.17, 15) is 0 Å². The fourth-order valence-electron chi connectivity index (χ4n) is 0.977. The Bertz CT molecular complexity index is 380. The van der Waals surface area contributed by atoms with Crippen molar-refractivity contribution in [3.63, 3.8) is 0 Å². The predicted molar refractivity (Wildman–Crippen MR) is 48.6 cm³/mol. The number of nitrogens with one attached hydrogen (secondary N) is 2. The van der Waals surface area contributed by atoms with E-state index in [1.165, 1.54) is 6.33 Å². The maximum absolute atomic E-state index is 4.09. The molecule has 0 atom stereocenters. The maximum Gasteiger partial charge on any atom is 0.204 e. The molecule has 0 saturated carbocycles. The predicted octanol–water partition coefficient (Wildman–Crippen LogP) is 1.25. The lowest BCUT2D eigenvalue weighted by atomic mass is 10.5. The molecule has 0 bridgehead atoms. The topological polar surface area (TPSA) is 66.5 Å². The van der Waals surface area contributed by atoms with Crippen LogP contribution in [0.5, 0.6) is 0 Å². The van der Waals surface area contributed by atoms with E-state index in [4.69, 9.17) is 0 Å². The Morgan fingerprint density at radius 2 is 2.00 bits per heavy atom. The summed E-state index contributed by atoms with van der Waals surface area (Å²) in [7, 11) is 0. The summed E-state index contributed by atoms with van der Waals surface area (Å²) < 4.78 is 0. The molecule has 0 aliphatic heterocycles. The monoisotopic (exact) mass is 175 g/mol. The number of aryl methyl sites for hydroxylation is 1.